The zero-order valence-corrected chi connectivity index (χ0v) is 10.6. The van der Waals surface area contributed by atoms with Crippen molar-refractivity contribution >= 4 is 0 Å². The van der Waals surface area contributed by atoms with Gasteiger partial charge < -0.3 is 4.74 Å². The van der Waals surface area contributed by atoms with Crippen LogP contribution in [0.3, 0.4) is 0 Å². The van der Waals surface area contributed by atoms with Gasteiger partial charge in [0.2, 0.25) is 0 Å². The fourth-order valence-corrected chi connectivity index (χ4v) is 2.31. The molecule has 1 unspecified atom stereocenters. The van der Waals surface area contributed by atoms with Gasteiger partial charge in [0, 0.05) is 5.92 Å². The summed E-state index contributed by atoms with van der Waals surface area (Å²) in [5, 5.41) is 0. The summed E-state index contributed by atoms with van der Waals surface area (Å²) in [6.45, 7) is 5.09. The standard InChI is InChI=1S/C16H20O/c1-3-4-7-13(2)10-14-11-15-8-5-6-9-16(15)17-12-14/h3-9,14H,10-12H2,1-2H3/b4-3-,13-7+. The highest BCUT2D eigenvalue weighted by Gasteiger charge is 2.19. The summed E-state index contributed by atoms with van der Waals surface area (Å²) in [4.78, 5) is 0. The van der Waals surface area contributed by atoms with E-state index in [-0.39, 0.29) is 0 Å². The lowest BCUT2D eigenvalue weighted by molar-refractivity contribution is 0.221. The lowest BCUT2D eigenvalue weighted by Crippen LogP contribution is -2.20. The number of rotatable bonds is 3. The molecule has 0 radical (unpaired) electrons. The minimum atomic E-state index is 0.617. The molecule has 1 heteroatoms. The molecule has 1 nitrogen and oxygen atoms in total. The molecule has 0 fully saturated rings. The lowest BCUT2D eigenvalue weighted by atomic mass is 9.91. The number of ether oxygens (including phenoxy) is 1. The van der Waals surface area contributed by atoms with E-state index in [0.717, 1.165) is 25.2 Å². The van der Waals surface area contributed by atoms with E-state index in [4.69, 9.17) is 4.74 Å². The Hall–Kier alpha value is -1.50. The van der Waals surface area contributed by atoms with Crippen molar-refractivity contribution in [3.63, 3.8) is 0 Å². The van der Waals surface area contributed by atoms with Crippen LogP contribution in [0.15, 0.2) is 48.1 Å². The molecule has 1 aromatic rings. The van der Waals surface area contributed by atoms with Gasteiger partial charge in [-0.05, 0) is 38.3 Å². The Morgan fingerprint density at radius 1 is 1.41 bits per heavy atom. The van der Waals surface area contributed by atoms with Crippen LogP contribution >= 0.6 is 0 Å². The van der Waals surface area contributed by atoms with Crippen molar-refractivity contribution in [1.82, 2.24) is 0 Å². The second kappa shape index (κ2) is 5.72. The highest BCUT2D eigenvalue weighted by molar-refractivity contribution is 5.35. The molecular weight excluding hydrogens is 208 g/mol. The Balaban J connectivity index is 1.99. The molecule has 2 rings (SSSR count). The van der Waals surface area contributed by atoms with E-state index < -0.39 is 0 Å². The highest BCUT2D eigenvalue weighted by atomic mass is 16.5. The molecule has 0 amide bonds. The van der Waals surface area contributed by atoms with E-state index in [1.807, 2.05) is 13.0 Å². The zero-order valence-electron chi connectivity index (χ0n) is 10.6. The molecule has 0 saturated carbocycles. The monoisotopic (exact) mass is 228 g/mol. The molecule has 1 aliphatic rings. The average molecular weight is 228 g/mol. The maximum absolute atomic E-state index is 5.80. The smallest absolute Gasteiger partial charge is 0.122 e. The fraction of sp³-hybridized carbons (Fsp3) is 0.375. The van der Waals surface area contributed by atoms with Gasteiger partial charge in [0.25, 0.3) is 0 Å². The first-order chi connectivity index (χ1) is 8.29. The van der Waals surface area contributed by atoms with Gasteiger partial charge in [-0.25, -0.2) is 0 Å². The van der Waals surface area contributed by atoms with Gasteiger partial charge in [-0.3, -0.25) is 0 Å². The van der Waals surface area contributed by atoms with Crippen molar-refractivity contribution < 1.29 is 4.74 Å². The Labute approximate surface area is 104 Å². The number of hydrogen-bond acceptors (Lipinski definition) is 1. The SMILES string of the molecule is C/C=C\C=C(/C)CC1COc2ccccc2C1. The largest absolute Gasteiger partial charge is 0.493 e. The maximum Gasteiger partial charge on any atom is 0.122 e. The van der Waals surface area contributed by atoms with Crippen molar-refractivity contribution in [3.05, 3.63) is 53.6 Å². The van der Waals surface area contributed by atoms with Crippen molar-refractivity contribution in [2.45, 2.75) is 26.7 Å². The van der Waals surface area contributed by atoms with Gasteiger partial charge in [-0.15, -0.1) is 0 Å². The fourth-order valence-electron chi connectivity index (χ4n) is 2.31. The van der Waals surface area contributed by atoms with Crippen LogP contribution in [0.4, 0.5) is 0 Å². The van der Waals surface area contributed by atoms with E-state index in [1.165, 1.54) is 11.1 Å². The summed E-state index contributed by atoms with van der Waals surface area (Å²) in [6.07, 6.45) is 8.62. The van der Waals surface area contributed by atoms with Crippen molar-refractivity contribution in [3.8, 4) is 5.75 Å². The predicted octanol–water partition coefficient (Wildman–Crippen LogP) is 4.15. The first kappa shape index (κ1) is 12.0. The van der Waals surface area contributed by atoms with E-state index in [0.29, 0.717) is 5.92 Å². The summed E-state index contributed by atoms with van der Waals surface area (Å²) >= 11 is 0. The molecule has 1 atom stereocenters. The molecule has 0 spiro atoms. The third-order valence-electron chi connectivity index (χ3n) is 3.14. The zero-order chi connectivity index (χ0) is 12.1. The van der Waals surface area contributed by atoms with Crippen LogP contribution in [-0.4, -0.2) is 6.61 Å². The van der Waals surface area contributed by atoms with Gasteiger partial charge in [0.15, 0.2) is 0 Å². The maximum atomic E-state index is 5.80. The third-order valence-corrected chi connectivity index (χ3v) is 3.14. The molecule has 0 aliphatic carbocycles. The molecule has 1 heterocycles. The summed E-state index contributed by atoms with van der Waals surface area (Å²) in [5.74, 6) is 1.69. The lowest BCUT2D eigenvalue weighted by Gasteiger charge is -2.25. The van der Waals surface area contributed by atoms with Crippen LogP contribution < -0.4 is 4.74 Å². The second-order valence-corrected chi connectivity index (χ2v) is 4.73. The van der Waals surface area contributed by atoms with Gasteiger partial charge in [-0.2, -0.15) is 0 Å². The topological polar surface area (TPSA) is 9.23 Å². The number of allylic oxidation sites excluding steroid dienone is 4. The molecule has 0 aromatic heterocycles. The van der Waals surface area contributed by atoms with E-state index in [2.05, 4.69) is 43.4 Å². The third kappa shape index (κ3) is 3.23. The molecule has 0 saturated heterocycles. The van der Waals surface area contributed by atoms with Crippen LogP contribution in [0.25, 0.3) is 0 Å². The first-order valence-corrected chi connectivity index (χ1v) is 6.28. The van der Waals surface area contributed by atoms with Gasteiger partial charge in [0.1, 0.15) is 5.75 Å². The summed E-state index contributed by atoms with van der Waals surface area (Å²) in [6, 6.07) is 8.37. The van der Waals surface area contributed by atoms with Crippen molar-refractivity contribution in [2.75, 3.05) is 6.61 Å². The van der Waals surface area contributed by atoms with E-state index in [9.17, 15) is 0 Å². The molecular formula is C16H20O. The van der Waals surface area contributed by atoms with Crippen LogP contribution in [0.2, 0.25) is 0 Å². The number of fused-ring (bicyclic) bond motifs is 1. The number of benzene rings is 1. The Morgan fingerprint density at radius 3 is 3.06 bits per heavy atom. The van der Waals surface area contributed by atoms with Crippen molar-refractivity contribution in [1.29, 1.82) is 0 Å². The highest BCUT2D eigenvalue weighted by Crippen LogP contribution is 2.29. The minimum absolute atomic E-state index is 0.617. The Morgan fingerprint density at radius 2 is 2.24 bits per heavy atom. The van der Waals surface area contributed by atoms with Crippen LogP contribution in [-0.2, 0) is 6.42 Å². The predicted molar refractivity (Wildman–Crippen MR) is 72.3 cm³/mol. The molecule has 0 bridgehead atoms. The van der Waals surface area contributed by atoms with Gasteiger partial charge in [-0.1, -0.05) is 42.0 Å². The van der Waals surface area contributed by atoms with Crippen LogP contribution in [0, 0.1) is 5.92 Å². The minimum Gasteiger partial charge on any atom is -0.493 e. The quantitative estimate of drug-likeness (QED) is 0.706. The number of hydrogen-bond donors (Lipinski definition) is 0. The molecule has 1 aromatic carbocycles. The number of para-hydroxylation sites is 1. The molecule has 0 N–H and O–H groups in total. The Kier molecular flexibility index (Phi) is 4.03. The average Bonchev–Trinajstić information content (AvgIpc) is 2.36. The first-order valence-electron chi connectivity index (χ1n) is 6.28. The van der Waals surface area contributed by atoms with Gasteiger partial charge >= 0.3 is 0 Å². The van der Waals surface area contributed by atoms with Crippen molar-refractivity contribution in [2.24, 2.45) is 5.92 Å². The second-order valence-electron chi connectivity index (χ2n) is 4.73. The van der Waals surface area contributed by atoms with E-state index in [1.54, 1.807) is 0 Å². The molecule has 1 aliphatic heterocycles. The van der Waals surface area contributed by atoms with E-state index >= 15 is 0 Å². The molecule has 17 heavy (non-hydrogen) atoms. The summed E-state index contributed by atoms with van der Waals surface area (Å²) in [5.41, 5.74) is 2.78. The molecule has 90 valence electrons. The normalized spacial score (nSPS) is 20.1. The van der Waals surface area contributed by atoms with Gasteiger partial charge in [0.05, 0.1) is 6.61 Å². The summed E-state index contributed by atoms with van der Waals surface area (Å²) in [7, 11) is 0. The van der Waals surface area contributed by atoms with Crippen LogP contribution in [0.5, 0.6) is 5.75 Å². The summed E-state index contributed by atoms with van der Waals surface area (Å²) < 4.78 is 5.80. The Bertz CT molecular complexity index is 429. The van der Waals surface area contributed by atoms with Crippen LogP contribution in [0.1, 0.15) is 25.8 Å².